The van der Waals surface area contributed by atoms with Crippen molar-refractivity contribution in [1.82, 2.24) is 14.8 Å². The fraction of sp³-hybridized carbons (Fsp3) is 0.400. The molecule has 0 N–H and O–H groups in total. The molecule has 4 rings (SSSR count). The zero-order chi connectivity index (χ0) is 17.1. The summed E-state index contributed by atoms with van der Waals surface area (Å²) in [6, 6.07) is 14.4. The first-order valence-electron chi connectivity index (χ1n) is 8.88. The molecule has 2 atom stereocenters. The average molecular weight is 337 g/mol. The summed E-state index contributed by atoms with van der Waals surface area (Å²) in [5.74, 6) is 0.423. The Morgan fingerprint density at radius 2 is 1.92 bits per heavy atom. The zero-order valence-electron chi connectivity index (χ0n) is 14.3. The molecule has 0 saturated carbocycles. The number of pyridine rings is 1. The molecule has 2 aliphatic heterocycles. The van der Waals surface area contributed by atoms with E-state index in [2.05, 4.69) is 28.1 Å². The van der Waals surface area contributed by atoms with E-state index in [4.69, 9.17) is 4.74 Å². The number of piperidine rings is 1. The highest BCUT2D eigenvalue weighted by Gasteiger charge is 2.40. The SMILES string of the molecule is O=C1OC[C@@H]2CCN(Cc3cccnc3)C[C@H]2N1Cc1ccccc1. The number of cyclic esters (lactones) is 1. The van der Waals surface area contributed by atoms with Gasteiger partial charge in [0.25, 0.3) is 0 Å². The molecule has 0 spiro atoms. The van der Waals surface area contributed by atoms with Crippen LogP contribution >= 0.6 is 0 Å². The van der Waals surface area contributed by atoms with Crippen LogP contribution in [0.15, 0.2) is 54.9 Å². The molecule has 1 amide bonds. The van der Waals surface area contributed by atoms with Crippen LogP contribution in [0.5, 0.6) is 0 Å². The molecule has 1 aromatic heterocycles. The van der Waals surface area contributed by atoms with Crippen molar-refractivity contribution >= 4 is 6.09 Å². The lowest BCUT2D eigenvalue weighted by atomic mass is 9.89. The van der Waals surface area contributed by atoms with Crippen molar-refractivity contribution in [2.45, 2.75) is 25.6 Å². The lowest BCUT2D eigenvalue weighted by molar-refractivity contribution is -0.0327. The number of hydrogen-bond donors (Lipinski definition) is 0. The number of likely N-dealkylation sites (tertiary alicyclic amines) is 1. The summed E-state index contributed by atoms with van der Waals surface area (Å²) in [6.45, 7) is 3.97. The van der Waals surface area contributed by atoms with Crippen molar-refractivity contribution in [3.05, 3.63) is 66.0 Å². The number of rotatable bonds is 4. The van der Waals surface area contributed by atoms with E-state index in [1.165, 1.54) is 5.56 Å². The van der Waals surface area contributed by atoms with Crippen molar-refractivity contribution in [3.63, 3.8) is 0 Å². The summed E-state index contributed by atoms with van der Waals surface area (Å²) >= 11 is 0. The fourth-order valence-corrected chi connectivity index (χ4v) is 3.85. The molecule has 0 radical (unpaired) electrons. The Balaban J connectivity index is 1.48. The third kappa shape index (κ3) is 3.66. The highest BCUT2D eigenvalue weighted by atomic mass is 16.6. The van der Waals surface area contributed by atoms with Crippen LogP contribution in [-0.2, 0) is 17.8 Å². The van der Waals surface area contributed by atoms with Gasteiger partial charge in [0.1, 0.15) is 0 Å². The van der Waals surface area contributed by atoms with Crippen LogP contribution in [0, 0.1) is 5.92 Å². The van der Waals surface area contributed by atoms with Crippen LogP contribution in [-0.4, -0.2) is 46.6 Å². The lowest BCUT2D eigenvalue weighted by Gasteiger charge is -2.46. The van der Waals surface area contributed by atoms with E-state index in [0.29, 0.717) is 19.1 Å². The number of fused-ring (bicyclic) bond motifs is 1. The van der Waals surface area contributed by atoms with Gasteiger partial charge in [-0.2, -0.15) is 0 Å². The van der Waals surface area contributed by atoms with Gasteiger partial charge in [0.15, 0.2) is 0 Å². The average Bonchev–Trinajstić information content (AvgIpc) is 2.66. The Morgan fingerprint density at radius 1 is 1.08 bits per heavy atom. The molecule has 130 valence electrons. The van der Waals surface area contributed by atoms with Crippen molar-refractivity contribution < 1.29 is 9.53 Å². The number of ether oxygens (including phenoxy) is 1. The summed E-state index contributed by atoms with van der Waals surface area (Å²) in [7, 11) is 0. The summed E-state index contributed by atoms with van der Waals surface area (Å²) in [5.41, 5.74) is 2.36. The lowest BCUT2D eigenvalue weighted by Crippen LogP contribution is -2.58. The number of aromatic nitrogens is 1. The van der Waals surface area contributed by atoms with Gasteiger partial charge in [0.2, 0.25) is 0 Å². The summed E-state index contributed by atoms with van der Waals surface area (Å²) < 4.78 is 5.44. The molecule has 0 aliphatic carbocycles. The minimum absolute atomic E-state index is 0.187. The Labute approximate surface area is 148 Å². The Bertz CT molecular complexity index is 707. The van der Waals surface area contributed by atoms with Gasteiger partial charge in [0.05, 0.1) is 12.6 Å². The van der Waals surface area contributed by atoms with E-state index in [-0.39, 0.29) is 12.1 Å². The van der Waals surface area contributed by atoms with Crippen LogP contribution in [0.1, 0.15) is 17.5 Å². The predicted molar refractivity (Wildman–Crippen MR) is 94.7 cm³/mol. The third-order valence-electron chi connectivity index (χ3n) is 5.19. The van der Waals surface area contributed by atoms with E-state index in [0.717, 1.165) is 31.6 Å². The van der Waals surface area contributed by atoms with E-state index in [1.54, 1.807) is 6.20 Å². The molecule has 3 heterocycles. The van der Waals surface area contributed by atoms with Gasteiger partial charge >= 0.3 is 6.09 Å². The predicted octanol–water partition coefficient (Wildman–Crippen LogP) is 2.92. The maximum atomic E-state index is 12.4. The first-order valence-corrected chi connectivity index (χ1v) is 8.88. The van der Waals surface area contributed by atoms with Crippen molar-refractivity contribution in [2.75, 3.05) is 19.7 Å². The van der Waals surface area contributed by atoms with Gasteiger partial charge in [-0.15, -0.1) is 0 Å². The van der Waals surface area contributed by atoms with E-state index in [9.17, 15) is 4.79 Å². The van der Waals surface area contributed by atoms with Gasteiger partial charge in [-0.1, -0.05) is 36.4 Å². The number of benzene rings is 1. The Morgan fingerprint density at radius 3 is 2.72 bits per heavy atom. The molecular formula is C20H23N3O2. The van der Waals surface area contributed by atoms with Gasteiger partial charge in [0, 0.05) is 37.9 Å². The number of hydrogen-bond acceptors (Lipinski definition) is 4. The summed E-state index contributed by atoms with van der Waals surface area (Å²) in [6.07, 6.45) is 4.59. The quantitative estimate of drug-likeness (QED) is 0.860. The largest absolute Gasteiger partial charge is 0.449 e. The third-order valence-corrected chi connectivity index (χ3v) is 5.19. The van der Waals surface area contributed by atoms with Gasteiger partial charge in [-0.3, -0.25) is 14.8 Å². The Kier molecular flexibility index (Phi) is 4.65. The maximum Gasteiger partial charge on any atom is 0.410 e. The first kappa shape index (κ1) is 16.1. The normalized spacial score (nSPS) is 23.8. The maximum absolute atomic E-state index is 12.4. The van der Waals surface area contributed by atoms with Crippen LogP contribution < -0.4 is 0 Å². The topological polar surface area (TPSA) is 45.7 Å². The van der Waals surface area contributed by atoms with Crippen LogP contribution in [0.4, 0.5) is 4.79 Å². The van der Waals surface area contributed by atoms with Crippen molar-refractivity contribution in [2.24, 2.45) is 5.92 Å². The van der Waals surface area contributed by atoms with Crippen molar-refractivity contribution in [3.8, 4) is 0 Å². The number of amides is 1. The molecule has 5 nitrogen and oxygen atoms in total. The van der Waals surface area contributed by atoms with E-state index >= 15 is 0 Å². The molecular weight excluding hydrogens is 314 g/mol. The standard InChI is InChI=1S/C20H23N3O2/c24-20-23(13-16-5-2-1-3-6-16)19-14-22(10-8-18(19)15-25-20)12-17-7-4-9-21-11-17/h1-7,9,11,18-19H,8,10,12-15H2/t18-,19+/m0/s1. The molecule has 2 saturated heterocycles. The molecule has 2 aromatic rings. The molecule has 5 heteroatoms. The summed E-state index contributed by atoms with van der Waals surface area (Å²) in [5, 5.41) is 0. The highest BCUT2D eigenvalue weighted by Crippen LogP contribution is 2.29. The number of carbonyl (C=O) groups is 1. The van der Waals surface area contributed by atoms with Gasteiger partial charge < -0.3 is 4.74 Å². The molecule has 2 fully saturated rings. The fourth-order valence-electron chi connectivity index (χ4n) is 3.85. The molecule has 25 heavy (non-hydrogen) atoms. The van der Waals surface area contributed by atoms with Crippen LogP contribution in [0.25, 0.3) is 0 Å². The van der Waals surface area contributed by atoms with Crippen LogP contribution in [0.3, 0.4) is 0 Å². The molecule has 0 bridgehead atoms. The minimum atomic E-state index is -0.187. The molecule has 2 aliphatic rings. The summed E-state index contributed by atoms with van der Waals surface area (Å²) in [4.78, 5) is 20.9. The second-order valence-corrected chi connectivity index (χ2v) is 6.90. The number of carbonyl (C=O) groups excluding carboxylic acids is 1. The smallest absolute Gasteiger partial charge is 0.410 e. The second-order valence-electron chi connectivity index (χ2n) is 6.90. The first-order chi connectivity index (χ1) is 12.3. The van der Waals surface area contributed by atoms with Crippen molar-refractivity contribution in [1.29, 1.82) is 0 Å². The molecule has 1 aromatic carbocycles. The van der Waals surface area contributed by atoms with E-state index < -0.39 is 0 Å². The molecule has 0 unspecified atom stereocenters. The van der Waals surface area contributed by atoms with E-state index in [1.807, 2.05) is 35.4 Å². The van der Waals surface area contributed by atoms with Crippen LogP contribution in [0.2, 0.25) is 0 Å². The second kappa shape index (κ2) is 7.23. The monoisotopic (exact) mass is 337 g/mol. The number of nitrogens with zero attached hydrogens (tertiary/aromatic N) is 3. The van der Waals surface area contributed by atoms with Gasteiger partial charge in [-0.25, -0.2) is 4.79 Å². The zero-order valence-corrected chi connectivity index (χ0v) is 14.3. The van der Waals surface area contributed by atoms with Gasteiger partial charge in [-0.05, 0) is 30.2 Å². The highest BCUT2D eigenvalue weighted by molar-refractivity contribution is 5.69. The Hall–Kier alpha value is -2.40. The minimum Gasteiger partial charge on any atom is -0.449 e.